The molecule has 0 saturated carbocycles. The van der Waals surface area contributed by atoms with Crippen molar-refractivity contribution in [1.29, 1.82) is 0 Å². The van der Waals surface area contributed by atoms with E-state index >= 15 is 0 Å². The van der Waals surface area contributed by atoms with Crippen molar-refractivity contribution >= 4 is 0 Å². The lowest BCUT2D eigenvalue weighted by atomic mass is 10.1. The fourth-order valence-electron chi connectivity index (χ4n) is 2.99. The number of rotatable bonds is 6. The lowest BCUT2D eigenvalue weighted by Gasteiger charge is -2.34. The molecule has 0 amide bonds. The summed E-state index contributed by atoms with van der Waals surface area (Å²) in [5, 5.41) is 10.3. The zero-order valence-corrected chi connectivity index (χ0v) is 14.1. The number of morpholine rings is 1. The molecule has 4 nitrogen and oxygen atoms in total. The first kappa shape index (κ1) is 17.0. The van der Waals surface area contributed by atoms with Crippen molar-refractivity contribution < 1.29 is 14.6 Å². The number of hydrogen-bond donors (Lipinski definition) is 1. The number of aryl methyl sites for hydroxylation is 1. The van der Waals surface area contributed by atoms with Crippen molar-refractivity contribution in [2.45, 2.75) is 19.1 Å². The zero-order chi connectivity index (χ0) is 16.8. The second-order valence-electron chi connectivity index (χ2n) is 6.31. The Morgan fingerprint density at radius 2 is 2.04 bits per heavy atom. The average Bonchev–Trinajstić information content (AvgIpc) is 2.61. The topological polar surface area (TPSA) is 41.9 Å². The van der Waals surface area contributed by atoms with Gasteiger partial charge in [0.2, 0.25) is 0 Å². The van der Waals surface area contributed by atoms with Crippen LogP contribution >= 0.6 is 0 Å². The molecule has 24 heavy (non-hydrogen) atoms. The van der Waals surface area contributed by atoms with Crippen molar-refractivity contribution in [2.75, 3.05) is 32.8 Å². The van der Waals surface area contributed by atoms with Crippen LogP contribution in [0.2, 0.25) is 0 Å². The summed E-state index contributed by atoms with van der Waals surface area (Å²) in [5.74, 6) is 0.804. The van der Waals surface area contributed by atoms with Crippen molar-refractivity contribution in [2.24, 2.45) is 0 Å². The minimum atomic E-state index is -0.514. The molecule has 3 rings (SSSR count). The van der Waals surface area contributed by atoms with Crippen molar-refractivity contribution in [3.8, 4) is 5.75 Å². The molecular weight excluding hydrogens is 302 g/mol. The van der Waals surface area contributed by atoms with Gasteiger partial charge in [-0.3, -0.25) is 4.90 Å². The Balaban J connectivity index is 1.48. The minimum absolute atomic E-state index is 0.0739. The highest BCUT2D eigenvalue weighted by Crippen LogP contribution is 2.22. The molecule has 0 radical (unpaired) electrons. The normalized spacial score (nSPS) is 19.8. The smallest absolute Gasteiger partial charge is 0.119 e. The second kappa shape index (κ2) is 8.29. The van der Waals surface area contributed by atoms with Gasteiger partial charge in [0.15, 0.2) is 0 Å². The van der Waals surface area contributed by atoms with Gasteiger partial charge in [-0.1, -0.05) is 42.5 Å². The van der Waals surface area contributed by atoms with Gasteiger partial charge in [-0.15, -0.1) is 0 Å². The molecule has 1 aliphatic heterocycles. The Labute approximate surface area is 143 Å². The number of nitrogens with zero attached hydrogens (tertiary/aromatic N) is 1. The maximum atomic E-state index is 10.3. The van der Waals surface area contributed by atoms with Crippen LogP contribution < -0.4 is 4.74 Å². The molecule has 1 N–H and O–H groups in total. The quantitative estimate of drug-likeness (QED) is 0.886. The highest BCUT2D eigenvalue weighted by molar-refractivity contribution is 5.27. The van der Waals surface area contributed by atoms with Gasteiger partial charge in [0.25, 0.3) is 0 Å². The Bertz CT molecular complexity index is 632. The number of ether oxygens (including phenoxy) is 2. The molecular formula is C20H25NO3. The number of hydrogen-bond acceptors (Lipinski definition) is 4. The van der Waals surface area contributed by atoms with Gasteiger partial charge in [-0.2, -0.15) is 0 Å². The molecule has 1 fully saturated rings. The number of aliphatic hydroxyl groups is 1. The average molecular weight is 327 g/mol. The first-order chi connectivity index (χ1) is 11.7. The molecule has 2 atom stereocenters. The van der Waals surface area contributed by atoms with Gasteiger partial charge in [0.05, 0.1) is 12.7 Å². The molecule has 128 valence electrons. The van der Waals surface area contributed by atoms with Crippen LogP contribution in [0.15, 0.2) is 54.6 Å². The Morgan fingerprint density at radius 1 is 1.21 bits per heavy atom. The summed E-state index contributed by atoms with van der Waals surface area (Å²) in [6.45, 7) is 5.25. The standard InChI is InChI=1S/C20H25NO3/c1-16-6-5-9-19(12-16)24-15-18(22)13-21-10-11-23-20(14-21)17-7-3-2-4-8-17/h2-9,12,18,20,22H,10-11,13-15H2,1H3. The van der Waals surface area contributed by atoms with E-state index in [4.69, 9.17) is 9.47 Å². The monoisotopic (exact) mass is 327 g/mol. The summed E-state index contributed by atoms with van der Waals surface area (Å²) in [5.41, 5.74) is 2.34. The molecule has 4 heteroatoms. The van der Waals surface area contributed by atoms with Crippen molar-refractivity contribution in [3.05, 3.63) is 65.7 Å². The van der Waals surface area contributed by atoms with Crippen LogP contribution in [0.1, 0.15) is 17.2 Å². The van der Waals surface area contributed by atoms with E-state index in [1.54, 1.807) is 0 Å². The van der Waals surface area contributed by atoms with Crippen LogP contribution in [0, 0.1) is 6.92 Å². The Morgan fingerprint density at radius 3 is 2.83 bits per heavy atom. The Kier molecular flexibility index (Phi) is 5.86. The maximum Gasteiger partial charge on any atom is 0.119 e. The SMILES string of the molecule is Cc1cccc(OCC(O)CN2CCOC(c3ccccc3)C2)c1. The van der Waals surface area contributed by atoms with E-state index in [1.807, 2.05) is 49.4 Å². The second-order valence-corrected chi connectivity index (χ2v) is 6.31. The largest absolute Gasteiger partial charge is 0.491 e. The highest BCUT2D eigenvalue weighted by Gasteiger charge is 2.23. The van der Waals surface area contributed by atoms with Crippen molar-refractivity contribution in [1.82, 2.24) is 4.90 Å². The molecule has 0 spiro atoms. The third kappa shape index (κ3) is 4.81. The number of benzene rings is 2. The maximum absolute atomic E-state index is 10.3. The first-order valence-electron chi connectivity index (χ1n) is 8.47. The third-order valence-corrected chi connectivity index (χ3v) is 4.22. The summed E-state index contributed by atoms with van der Waals surface area (Å²) in [6, 6.07) is 18.1. The Hall–Kier alpha value is -1.88. The van der Waals surface area contributed by atoms with Crippen LogP contribution in [0.4, 0.5) is 0 Å². The summed E-state index contributed by atoms with van der Waals surface area (Å²) in [4.78, 5) is 2.24. The summed E-state index contributed by atoms with van der Waals surface area (Å²) < 4.78 is 11.6. The van der Waals surface area contributed by atoms with Crippen molar-refractivity contribution in [3.63, 3.8) is 0 Å². The minimum Gasteiger partial charge on any atom is -0.491 e. The predicted molar refractivity (Wildman–Crippen MR) is 94.3 cm³/mol. The molecule has 0 aliphatic carbocycles. The van der Waals surface area contributed by atoms with Crippen LogP contribution in [0.25, 0.3) is 0 Å². The molecule has 1 heterocycles. The summed E-state index contributed by atoms with van der Waals surface area (Å²) in [7, 11) is 0. The van der Waals surface area contributed by atoms with Crippen LogP contribution in [-0.4, -0.2) is 49.0 Å². The molecule has 1 aliphatic rings. The van der Waals surface area contributed by atoms with Crippen LogP contribution in [0.5, 0.6) is 5.75 Å². The zero-order valence-electron chi connectivity index (χ0n) is 14.1. The van der Waals surface area contributed by atoms with Gasteiger partial charge in [-0.25, -0.2) is 0 Å². The van der Waals surface area contributed by atoms with E-state index < -0.39 is 6.10 Å². The summed E-state index contributed by atoms with van der Waals surface area (Å²) in [6.07, 6.45) is -0.440. The number of aliphatic hydroxyl groups excluding tert-OH is 1. The highest BCUT2D eigenvalue weighted by atomic mass is 16.5. The molecule has 1 saturated heterocycles. The van der Waals surface area contributed by atoms with E-state index in [2.05, 4.69) is 17.0 Å². The fourth-order valence-corrected chi connectivity index (χ4v) is 2.99. The molecule has 2 aromatic carbocycles. The molecule has 2 unspecified atom stereocenters. The van der Waals surface area contributed by atoms with Crippen LogP contribution in [-0.2, 0) is 4.74 Å². The van der Waals surface area contributed by atoms with E-state index in [0.29, 0.717) is 19.8 Å². The third-order valence-electron chi connectivity index (χ3n) is 4.22. The van der Waals surface area contributed by atoms with E-state index in [0.717, 1.165) is 24.4 Å². The van der Waals surface area contributed by atoms with Gasteiger partial charge in [0.1, 0.15) is 18.5 Å². The van der Waals surface area contributed by atoms with Gasteiger partial charge in [0, 0.05) is 19.6 Å². The van der Waals surface area contributed by atoms with E-state index in [1.165, 1.54) is 5.56 Å². The molecule has 0 aromatic heterocycles. The summed E-state index contributed by atoms with van der Waals surface area (Å²) >= 11 is 0. The van der Waals surface area contributed by atoms with E-state index in [-0.39, 0.29) is 6.10 Å². The lowest BCUT2D eigenvalue weighted by Crippen LogP contribution is -2.43. The fraction of sp³-hybridized carbons (Fsp3) is 0.400. The predicted octanol–water partition coefficient (Wildman–Crippen LogP) is 2.81. The number of β-amino-alcohol motifs (C(OH)–C–C–N with tert-alkyl or cyclic N) is 1. The molecule has 2 aromatic rings. The van der Waals surface area contributed by atoms with Gasteiger partial charge >= 0.3 is 0 Å². The van der Waals surface area contributed by atoms with Crippen LogP contribution in [0.3, 0.4) is 0 Å². The van der Waals surface area contributed by atoms with E-state index in [9.17, 15) is 5.11 Å². The molecule has 0 bridgehead atoms. The first-order valence-corrected chi connectivity index (χ1v) is 8.47. The van der Waals surface area contributed by atoms with Gasteiger partial charge < -0.3 is 14.6 Å². The lowest BCUT2D eigenvalue weighted by molar-refractivity contribution is -0.0459. The van der Waals surface area contributed by atoms with Gasteiger partial charge in [-0.05, 0) is 30.2 Å².